The smallest absolute Gasteiger partial charge is 0.345 e. The molecule has 0 saturated heterocycles. The zero-order valence-electron chi connectivity index (χ0n) is 22.1. The first-order chi connectivity index (χ1) is 19.7. The van der Waals surface area contributed by atoms with Crippen molar-refractivity contribution in [3.8, 4) is 11.1 Å². The van der Waals surface area contributed by atoms with E-state index in [9.17, 15) is 22.8 Å². The molecule has 0 fully saturated rings. The van der Waals surface area contributed by atoms with Crippen LogP contribution in [-0.2, 0) is 6.18 Å². The summed E-state index contributed by atoms with van der Waals surface area (Å²) in [6.45, 7) is 2.01. The van der Waals surface area contributed by atoms with Crippen molar-refractivity contribution in [3.63, 3.8) is 0 Å². The van der Waals surface area contributed by atoms with Crippen LogP contribution in [0.2, 0.25) is 0 Å². The van der Waals surface area contributed by atoms with E-state index in [-0.39, 0.29) is 11.9 Å². The second-order valence-corrected chi connectivity index (χ2v) is 9.55. The molecule has 5 nitrogen and oxygen atoms in total. The lowest BCUT2D eigenvalue weighted by Crippen LogP contribution is -2.28. The van der Waals surface area contributed by atoms with Gasteiger partial charge in [0.15, 0.2) is 0 Å². The Labute approximate surface area is 235 Å². The summed E-state index contributed by atoms with van der Waals surface area (Å²) in [6.07, 6.45) is -2.20. The SMILES string of the molecule is CCC(NC(=O)c1cnc2cc(NC(=O)c3ccccc3-c3ccc(C(F)(F)F)cc3)ccc2c1)c1ccccc1. The Hall–Kier alpha value is -4.98. The minimum Gasteiger partial charge on any atom is -0.345 e. The van der Waals surface area contributed by atoms with Gasteiger partial charge in [0.1, 0.15) is 0 Å². The Bertz CT molecular complexity index is 1700. The highest BCUT2D eigenvalue weighted by Gasteiger charge is 2.30. The van der Waals surface area contributed by atoms with E-state index in [1.807, 2.05) is 37.3 Å². The third-order valence-corrected chi connectivity index (χ3v) is 6.81. The lowest BCUT2D eigenvalue weighted by atomic mass is 9.98. The van der Waals surface area contributed by atoms with Gasteiger partial charge in [-0.25, -0.2) is 0 Å². The number of anilines is 1. The molecule has 5 aromatic rings. The summed E-state index contributed by atoms with van der Waals surface area (Å²) in [5.74, 6) is -0.644. The van der Waals surface area contributed by atoms with Crippen LogP contribution in [0.1, 0.15) is 51.2 Å². The summed E-state index contributed by atoms with van der Waals surface area (Å²) in [6, 6.07) is 28.0. The predicted octanol–water partition coefficient (Wildman–Crippen LogP) is 8.05. The molecule has 5 rings (SSSR count). The molecule has 0 aliphatic rings. The quantitative estimate of drug-likeness (QED) is 0.214. The Kier molecular flexibility index (Phi) is 7.83. The molecule has 0 spiro atoms. The molecule has 0 aliphatic carbocycles. The van der Waals surface area contributed by atoms with Crippen molar-refractivity contribution in [2.24, 2.45) is 0 Å². The number of amides is 2. The van der Waals surface area contributed by atoms with Gasteiger partial charge >= 0.3 is 6.18 Å². The number of fused-ring (bicyclic) bond motifs is 1. The normalized spacial score (nSPS) is 12.1. The number of hydrogen-bond acceptors (Lipinski definition) is 3. The molecular weight excluding hydrogens is 527 g/mol. The molecule has 2 N–H and O–H groups in total. The molecular formula is C33H26F3N3O2. The van der Waals surface area contributed by atoms with Crippen LogP contribution in [0.5, 0.6) is 0 Å². The average Bonchev–Trinajstić information content (AvgIpc) is 2.99. The van der Waals surface area contributed by atoms with Crippen molar-refractivity contribution >= 4 is 28.4 Å². The summed E-state index contributed by atoms with van der Waals surface area (Å²) in [5.41, 5.74) is 3.09. The fourth-order valence-electron chi connectivity index (χ4n) is 4.64. The second kappa shape index (κ2) is 11.6. The molecule has 0 saturated carbocycles. The number of alkyl halides is 3. The van der Waals surface area contributed by atoms with Crippen molar-refractivity contribution in [1.82, 2.24) is 10.3 Å². The largest absolute Gasteiger partial charge is 0.416 e. The molecule has 0 bridgehead atoms. The molecule has 1 atom stereocenters. The van der Waals surface area contributed by atoms with Gasteiger partial charge in [-0.05, 0) is 59.5 Å². The maximum atomic E-state index is 13.2. The summed E-state index contributed by atoms with van der Waals surface area (Å²) in [4.78, 5) is 30.6. The number of nitrogens with one attached hydrogen (secondary N) is 2. The third kappa shape index (κ3) is 6.27. The van der Waals surface area contributed by atoms with Crippen LogP contribution < -0.4 is 10.6 Å². The van der Waals surface area contributed by atoms with Crippen molar-refractivity contribution in [3.05, 3.63) is 132 Å². The predicted molar refractivity (Wildman–Crippen MR) is 154 cm³/mol. The highest BCUT2D eigenvalue weighted by atomic mass is 19.4. The number of hydrogen-bond donors (Lipinski definition) is 2. The Morgan fingerprint density at radius 2 is 1.54 bits per heavy atom. The Balaban J connectivity index is 1.33. The zero-order valence-corrected chi connectivity index (χ0v) is 22.1. The van der Waals surface area contributed by atoms with Crippen molar-refractivity contribution in [1.29, 1.82) is 0 Å². The molecule has 1 heterocycles. The molecule has 0 radical (unpaired) electrons. The first kappa shape index (κ1) is 27.6. The Morgan fingerprint density at radius 1 is 0.829 bits per heavy atom. The first-order valence-electron chi connectivity index (χ1n) is 13.1. The summed E-state index contributed by atoms with van der Waals surface area (Å²) < 4.78 is 39.0. The van der Waals surface area contributed by atoms with Gasteiger partial charge in [0.2, 0.25) is 0 Å². The molecule has 0 aliphatic heterocycles. The van der Waals surface area contributed by atoms with Crippen molar-refractivity contribution in [2.75, 3.05) is 5.32 Å². The summed E-state index contributed by atoms with van der Waals surface area (Å²) in [5, 5.41) is 6.63. The molecule has 4 aromatic carbocycles. The van der Waals surface area contributed by atoms with E-state index in [2.05, 4.69) is 15.6 Å². The monoisotopic (exact) mass is 553 g/mol. The molecule has 1 aromatic heterocycles. The fourth-order valence-corrected chi connectivity index (χ4v) is 4.64. The van der Waals surface area contributed by atoms with Gasteiger partial charge in [0.05, 0.1) is 22.7 Å². The number of carbonyl (C=O) groups is 2. The highest BCUT2D eigenvalue weighted by Crippen LogP contribution is 2.32. The molecule has 1 unspecified atom stereocenters. The van der Waals surface area contributed by atoms with E-state index in [1.165, 1.54) is 18.3 Å². The first-order valence-corrected chi connectivity index (χ1v) is 13.1. The molecule has 2 amide bonds. The number of halogens is 3. The number of carbonyl (C=O) groups excluding carboxylic acids is 2. The molecule has 41 heavy (non-hydrogen) atoms. The number of rotatable bonds is 7. The lowest BCUT2D eigenvalue weighted by Gasteiger charge is -2.17. The van der Waals surface area contributed by atoms with Crippen molar-refractivity contribution in [2.45, 2.75) is 25.6 Å². The van der Waals surface area contributed by atoms with Gasteiger partial charge in [-0.15, -0.1) is 0 Å². The zero-order chi connectivity index (χ0) is 29.0. The van der Waals surface area contributed by atoms with Crippen LogP contribution in [0.15, 0.2) is 109 Å². The van der Waals surface area contributed by atoms with Crippen LogP contribution in [0.3, 0.4) is 0 Å². The highest BCUT2D eigenvalue weighted by molar-refractivity contribution is 6.09. The third-order valence-electron chi connectivity index (χ3n) is 6.81. The van der Waals surface area contributed by atoms with Crippen LogP contribution in [0.25, 0.3) is 22.0 Å². The summed E-state index contributed by atoms with van der Waals surface area (Å²) in [7, 11) is 0. The molecule has 8 heteroatoms. The number of aromatic nitrogens is 1. The lowest BCUT2D eigenvalue weighted by molar-refractivity contribution is -0.137. The minimum atomic E-state index is -4.44. The topological polar surface area (TPSA) is 71.1 Å². The van der Waals surface area contributed by atoms with Crippen molar-refractivity contribution < 1.29 is 22.8 Å². The van der Waals surface area contributed by atoms with Gasteiger partial charge in [-0.1, -0.05) is 73.7 Å². The van der Waals surface area contributed by atoms with E-state index in [4.69, 9.17) is 0 Å². The fraction of sp³-hybridized carbons (Fsp3) is 0.121. The van der Waals surface area contributed by atoms with Crippen LogP contribution in [-0.4, -0.2) is 16.8 Å². The van der Waals surface area contributed by atoms with Gasteiger partial charge in [-0.2, -0.15) is 13.2 Å². The standard InChI is InChI=1S/C33H26F3N3O2/c1-2-29(22-8-4-3-5-9-22)39-31(40)24-18-23-14-17-26(19-30(23)37-20-24)38-32(41)28-11-7-6-10-27(28)21-12-15-25(16-13-21)33(34,35)36/h3-20,29H,2H2,1H3,(H,38,41)(H,39,40). The van der Waals surface area contributed by atoms with E-state index < -0.39 is 17.6 Å². The van der Waals surface area contributed by atoms with Crippen LogP contribution in [0.4, 0.5) is 18.9 Å². The van der Waals surface area contributed by atoms with E-state index in [1.54, 1.807) is 48.5 Å². The second-order valence-electron chi connectivity index (χ2n) is 9.55. The van der Waals surface area contributed by atoms with Gasteiger partial charge in [-0.3, -0.25) is 14.6 Å². The number of nitrogens with zero attached hydrogens (tertiary/aromatic N) is 1. The van der Waals surface area contributed by atoms with E-state index in [0.717, 1.165) is 29.5 Å². The van der Waals surface area contributed by atoms with Gasteiger partial charge in [0, 0.05) is 22.8 Å². The Morgan fingerprint density at radius 3 is 2.24 bits per heavy atom. The summed E-state index contributed by atoms with van der Waals surface area (Å²) >= 11 is 0. The van der Waals surface area contributed by atoms with Gasteiger partial charge in [0.25, 0.3) is 11.8 Å². The number of benzene rings is 4. The van der Waals surface area contributed by atoms with Crippen LogP contribution in [0, 0.1) is 0 Å². The van der Waals surface area contributed by atoms with E-state index in [0.29, 0.717) is 33.5 Å². The maximum absolute atomic E-state index is 13.2. The minimum absolute atomic E-state index is 0.123. The molecule has 206 valence electrons. The van der Waals surface area contributed by atoms with Gasteiger partial charge < -0.3 is 10.6 Å². The average molecular weight is 554 g/mol. The van der Waals surface area contributed by atoms with E-state index >= 15 is 0 Å². The number of pyridine rings is 1. The van der Waals surface area contributed by atoms with Crippen LogP contribution >= 0.6 is 0 Å². The maximum Gasteiger partial charge on any atom is 0.416 e.